The summed E-state index contributed by atoms with van der Waals surface area (Å²) in [6.45, 7) is 1.87. The number of hydrogen-bond donors (Lipinski definition) is 1. The smallest absolute Gasteiger partial charge is 0.222 e. The zero-order valence-corrected chi connectivity index (χ0v) is 12.4. The SMILES string of the molecule is O=C(CCn1cccn1)N[C@H]1COC[C@H]1Cc1ccncc1. The Labute approximate surface area is 129 Å². The van der Waals surface area contributed by atoms with E-state index in [2.05, 4.69) is 15.4 Å². The molecule has 0 spiro atoms. The second-order valence-corrected chi connectivity index (χ2v) is 5.55. The van der Waals surface area contributed by atoms with Crippen LogP contribution in [0.1, 0.15) is 12.0 Å². The molecule has 1 fully saturated rings. The molecule has 6 nitrogen and oxygen atoms in total. The van der Waals surface area contributed by atoms with E-state index in [1.807, 2.05) is 24.4 Å². The lowest BCUT2D eigenvalue weighted by Gasteiger charge is -2.19. The summed E-state index contributed by atoms with van der Waals surface area (Å²) < 4.78 is 7.31. The van der Waals surface area contributed by atoms with Gasteiger partial charge in [-0.05, 0) is 30.2 Å². The molecule has 0 radical (unpaired) electrons. The van der Waals surface area contributed by atoms with Gasteiger partial charge in [-0.25, -0.2) is 0 Å². The first-order valence-electron chi connectivity index (χ1n) is 7.55. The number of pyridine rings is 1. The van der Waals surface area contributed by atoms with E-state index < -0.39 is 0 Å². The number of amides is 1. The molecule has 0 bridgehead atoms. The largest absolute Gasteiger partial charge is 0.379 e. The molecule has 0 aromatic carbocycles. The number of aromatic nitrogens is 3. The molecule has 2 atom stereocenters. The average Bonchev–Trinajstić information content (AvgIpc) is 3.19. The maximum absolute atomic E-state index is 12.1. The van der Waals surface area contributed by atoms with Crippen LogP contribution >= 0.6 is 0 Å². The third-order valence-corrected chi connectivity index (χ3v) is 3.92. The van der Waals surface area contributed by atoms with Crippen molar-refractivity contribution < 1.29 is 9.53 Å². The number of nitrogens with zero attached hydrogens (tertiary/aromatic N) is 3. The van der Waals surface area contributed by atoms with Crippen LogP contribution in [0.3, 0.4) is 0 Å². The Hall–Kier alpha value is -2.21. The van der Waals surface area contributed by atoms with E-state index in [0.29, 0.717) is 32.1 Å². The zero-order chi connectivity index (χ0) is 15.2. The molecule has 1 saturated heterocycles. The first-order chi connectivity index (χ1) is 10.8. The molecular weight excluding hydrogens is 280 g/mol. The van der Waals surface area contributed by atoms with Crippen LogP contribution in [0.5, 0.6) is 0 Å². The molecule has 0 saturated carbocycles. The lowest BCUT2D eigenvalue weighted by atomic mass is 9.95. The van der Waals surface area contributed by atoms with Crippen LogP contribution in [0, 0.1) is 5.92 Å². The average molecular weight is 300 g/mol. The van der Waals surface area contributed by atoms with Crippen molar-refractivity contribution in [1.29, 1.82) is 0 Å². The summed E-state index contributed by atoms with van der Waals surface area (Å²) in [4.78, 5) is 16.1. The number of carbonyl (C=O) groups is 1. The van der Waals surface area contributed by atoms with Gasteiger partial charge in [0.15, 0.2) is 0 Å². The summed E-state index contributed by atoms with van der Waals surface area (Å²) in [5.74, 6) is 0.363. The van der Waals surface area contributed by atoms with Crippen molar-refractivity contribution in [3.8, 4) is 0 Å². The molecule has 116 valence electrons. The van der Waals surface area contributed by atoms with Crippen LogP contribution in [0.4, 0.5) is 0 Å². The Morgan fingerprint density at radius 2 is 2.18 bits per heavy atom. The van der Waals surface area contributed by atoms with Gasteiger partial charge in [0.05, 0.1) is 19.3 Å². The number of carbonyl (C=O) groups excluding carboxylic acids is 1. The quantitative estimate of drug-likeness (QED) is 0.865. The Bertz CT molecular complexity index is 585. The third kappa shape index (κ3) is 3.92. The summed E-state index contributed by atoms with van der Waals surface area (Å²) >= 11 is 0. The maximum Gasteiger partial charge on any atom is 0.222 e. The second kappa shape index (κ2) is 7.17. The predicted octanol–water partition coefficient (Wildman–Crippen LogP) is 1.04. The van der Waals surface area contributed by atoms with Crippen molar-refractivity contribution in [2.45, 2.75) is 25.4 Å². The van der Waals surface area contributed by atoms with E-state index in [-0.39, 0.29) is 11.9 Å². The van der Waals surface area contributed by atoms with Crippen LogP contribution in [0.2, 0.25) is 0 Å². The molecule has 2 aromatic heterocycles. The number of hydrogen-bond acceptors (Lipinski definition) is 4. The van der Waals surface area contributed by atoms with Crippen LogP contribution in [0.15, 0.2) is 43.0 Å². The van der Waals surface area contributed by atoms with E-state index in [9.17, 15) is 4.79 Å². The van der Waals surface area contributed by atoms with Crippen molar-refractivity contribution in [2.24, 2.45) is 5.92 Å². The molecule has 1 N–H and O–H groups in total. The highest BCUT2D eigenvalue weighted by molar-refractivity contribution is 5.76. The molecule has 6 heteroatoms. The van der Waals surface area contributed by atoms with Crippen molar-refractivity contribution in [2.75, 3.05) is 13.2 Å². The molecule has 3 rings (SSSR count). The molecule has 0 aliphatic carbocycles. The van der Waals surface area contributed by atoms with E-state index in [1.54, 1.807) is 23.3 Å². The number of aryl methyl sites for hydroxylation is 1. The molecule has 0 unspecified atom stereocenters. The first kappa shape index (κ1) is 14.7. The number of nitrogens with one attached hydrogen (secondary N) is 1. The summed E-state index contributed by atoms with van der Waals surface area (Å²) in [6.07, 6.45) is 8.49. The molecule has 3 heterocycles. The van der Waals surface area contributed by atoms with Crippen LogP contribution in [0.25, 0.3) is 0 Å². The fourth-order valence-corrected chi connectivity index (χ4v) is 2.71. The Balaban J connectivity index is 1.49. The van der Waals surface area contributed by atoms with E-state index in [0.717, 1.165) is 6.42 Å². The summed E-state index contributed by atoms with van der Waals surface area (Å²) in [5, 5.41) is 7.19. The zero-order valence-electron chi connectivity index (χ0n) is 12.4. The van der Waals surface area contributed by atoms with Gasteiger partial charge in [0, 0.05) is 43.7 Å². The van der Waals surface area contributed by atoms with Gasteiger partial charge in [-0.15, -0.1) is 0 Å². The number of ether oxygens (including phenoxy) is 1. The van der Waals surface area contributed by atoms with Crippen molar-refractivity contribution in [3.63, 3.8) is 0 Å². The van der Waals surface area contributed by atoms with Gasteiger partial charge < -0.3 is 10.1 Å². The standard InChI is InChI=1S/C16H20N4O2/c21-16(4-9-20-8-1-5-18-20)19-15-12-22-11-14(15)10-13-2-6-17-7-3-13/h1-3,5-8,14-15H,4,9-12H2,(H,19,21)/t14-,15+/m1/s1. The van der Waals surface area contributed by atoms with Gasteiger partial charge in [-0.1, -0.05) is 0 Å². The Kier molecular flexibility index (Phi) is 4.80. The second-order valence-electron chi connectivity index (χ2n) is 5.55. The van der Waals surface area contributed by atoms with E-state index in [4.69, 9.17) is 4.74 Å². The van der Waals surface area contributed by atoms with Crippen LogP contribution in [-0.4, -0.2) is 39.9 Å². The Morgan fingerprint density at radius 3 is 2.95 bits per heavy atom. The lowest BCUT2D eigenvalue weighted by molar-refractivity contribution is -0.122. The molecule has 22 heavy (non-hydrogen) atoms. The van der Waals surface area contributed by atoms with Gasteiger partial charge in [0.2, 0.25) is 5.91 Å². The highest BCUT2D eigenvalue weighted by Gasteiger charge is 2.29. The van der Waals surface area contributed by atoms with Crippen molar-refractivity contribution in [1.82, 2.24) is 20.1 Å². The third-order valence-electron chi connectivity index (χ3n) is 3.92. The van der Waals surface area contributed by atoms with Gasteiger partial charge >= 0.3 is 0 Å². The fraction of sp³-hybridized carbons (Fsp3) is 0.438. The minimum absolute atomic E-state index is 0.0470. The summed E-state index contributed by atoms with van der Waals surface area (Å²) in [5.41, 5.74) is 1.22. The normalized spacial score (nSPS) is 20.9. The maximum atomic E-state index is 12.1. The minimum atomic E-state index is 0.0470. The van der Waals surface area contributed by atoms with Crippen molar-refractivity contribution >= 4 is 5.91 Å². The van der Waals surface area contributed by atoms with Crippen molar-refractivity contribution in [3.05, 3.63) is 48.5 Å². The molecule has 1 aliphatic rings. The fourth-order valence-electron chi connectivity index (χ4n) is 2.71. The summed E-state index contributed by atoms with van der Waals surface area (Å²) in [7, 11) is 0. The topological polar surface area (TPSA) is 69.0 Å². The Morgan fingerprint density at radius 1 is 1.32 bits per heavy atom. The van der Waals surface area contributed by atoms with E-state index in [1.165, 1.54) is 5.56 Å². The monoisotopic (exact) mass is 300 g/mol. The first-order valence-corrected chi connectivity index (χ1v) is 7.55. The number of rotatable bonds is 6. The van der Waals surface area contributed by atoms with Crippen LogP contribution < -0.4 is 5.32 Å². The molecule has 1 aliphatic heterocycles. The predicted molar refractivity (Wildman–Crippen MR) is 81.0 cm³/mol. The minimum Gasteiger partial charge on any atom is -0.379 e. The van der Waals surface area contributed by atoms with Crippen LogP contribution in [-0.2, 0) is 22.5 Å². The lowest BCUT2D eigenvalue weighted by Crippen LogP contribution is -2.40. The van der Waals surface area contributed by atoms with Gasteiger partial charge in [0.25, 0.3) is 0 Å². The van der Waals surface area contributed by atoms with Gasteiger partial charge in [0.1, 0.15) is 0 Å². The highest BCUT2D eigenvalue weighted by Crippen LogP contribution is 2.19. The van der Waals surface area contributed by atoms with Gasteiger partial charge in [-0.2, -0.15) is 5.10 Å². The highest BCUT2D eigenvalue weighted by atomic mass is 16.5. The van der Waals surface area contributed by atoms with Gasteiger partial charge in [-0.3, -0.25) is 14.5 Å². The van der Waals surface area contributed by atoms with E-state index >= 15 is 0 Å². The molecule has 1 amide bonds. The summed E-state index contributed by atoms with van der Waals surface area (Å²) in [6, 6.07) is 5.95. The molecular formula is C16H20N4O2. The molecule has 2 aromatic rings.